The van der Waals surface area contributed by atoms with E-state index < -0.39 is 11.7 Å². The first-order chi connectivity index (χ1) is 12.2. The summed E-state index contributed by atoms with van der Waals surface area (Å²) in [5.74, 6) is 0.764. The van der Waals surface area contributed by atoms with Crippen LogP contribution in [0.1, 0.15) is 25.0 Å². The van der Waals surface area contributed by atoms with Crippen LogP contribution in [-0.2, 0) is 12.6 Å². The van der Waals surface area contributed by atoms with E-state index in [0.717, 1.165) is 24.1 Å². The Morgan fingerprint density at radius 2 is 1.85 bits per heavy atom. The fourth-order valence-corrected chi connectivity index (χ4v) is 2.84. The lowest BCUT2D eigenvalue weighted by Gasteiger charge is -2.07. The van der Waals surface area contributed by atoms with Crippen molar-refractivity contribution in [3.05, 3.63) is 58.6 Å². The maximum atomic E-state index is 12.8. The quantitative estimate of drug-likeness (QED) is 0.535. The summed E-state index contributed by atoms with van der Waals surface area (Å²) in [6, 6.07) is 10.2. The summed E-state index contributed by atoms with van der Waals surface area (Å²) in [5.41, 5.74) is 1.11. The van der Waals surface area contributed by atoms with Crippen molar-refractivity contribution in [3.63, 3.8) is 0 Å². The minimum atomic E-state index is -4.43. The molecule has 0 aliphatic carbocycles. The fourth-order valence-electron chi connectivity index (χ4n) is 2.58. The highest BCUT2D eigenvalue weighted by Gasteiger charge is 2.30. The van der Waals surface area contributed by atoms with Crippen molar-refractivity contribution in [2.24, 2.45) is 5.92 Å². The van der Waals surface area contributed by atoms with Crippen LogP contribution in [0.2, 0.25) is 5.02 Å². The third-order valence-corrected chi connectivity index (χ3v) is 4.15. The molecule has 0 radical (unpaired) electrons. The van der Waals surface area contributed by atoms with Gasteiger partial charge in [0.25, 0.3) is 5.89 Å². The molecule has 7 heteroatoms. The molecule has 0 amide bonds. The van der Waals surface area contributed by atoms with E-state index in [2.05, 4.69) is 24.0 Å². The van der Waals surface area contributed by atoms with Crippen molar-refractivity contribution in [3.8, 4) is 22.8 Å². The van der Waals surface area contributed by atoms with Crippen LogP contribution in [0.4, 0.5) is 13.2 Å². The predicted molar refractivity (Wildman–Crippen MR) is 93.7 cm³/mol. The summed E-state index contributed by atoms with van der Waals surface area (Å²) < 4.78 is 43.7. The fraction of sp³-hybridized carbons (Fsp3) is 0.263. The van der Waals surface area contributed by atoms with Crippen LogP contribution in [-0.4, -0.2) is 10.1 Å². The molecule has 0 aliphatic heterocycles. The van der Waals surface area contributed by atoms with Crippen molar-refractivity contribution in [1.82, 2.24) is 10.1 Å². The maximum Gasteiger partial charge on any atom is 0.416 e. The Hall–Kier alpha value is -2.34. The zero-order chi connectivity index (χ0) is 18.9. The lowest BCUT2D eigenvalue weighted by Crippen LogP contribution is -2.04. The van der Waals surface area contributed by atoms with Gasteiger partial charge in [0.05, 0.1) is 5.56 Å². The van der Waals surface area contributed by atoms with E-state index in [4.69, 9.17) is 16.1 Å². The van der Waals surface area contributed by atoms with Crippen LogP contribution in [0.5, 0.6) is 0 Å². The average molecular weight is 381 g/mol. The SMILES string of the molecule is CC(C)Cc1ccc(-c2noc(-c3cccc(C(F)(F)F)c3)n2)cc1Cl. The third-order valence-electron chi connectivity index (χ3n) is 3.80. The van der Waals surface area contributed by atoms with Gasteiger partial charge in [0.1, 0.15) is 0 Å². The minimum absolute atomic E-state index is 0.0217. The summed E-state index contributed by atoms with van der Waals surface area (Å²) in [5, 5.41) is 4.46. The van der Waals surface area contributed by atoms with Crippen molar-refractivity contribution in [1.29, 1.82) is 0 Å². The summed E-state index contributed by atoms with van der Waals surface area (Å²) in [7, 11) is 0. The molecule has 0 saturated carbocycles. The highest BCUT2D eigenvalue weighted by atomic mass is 35.5. The average Bonchev–Trinajstić information content (AvgIpc) is 3.06. The highest BCUT2D eigenvalue weighted by molar-refractivity contribution is 6.31. The van der Waals surface area contributed by atoms with Gasteiger partial charge in [-0.15, -0.1) is 0 Å². The van der Waals surface area contributed by atoms with Gasteiger partial charge in [-0.1, -0.05) is 48.8 Å². The first-order valence-electron chi connectivity index (χ1n) is 8.04. The number of hydrogen-bond donors (Lipinski definition) is 0. The molecule has 0 atom stereocenters. The van der Waals surface area contributed by atoms with Gasteiger partial charge in [-0.05, 0) is 42.2 Å². The molecule has 1 aromatic heterocycles. The van der Waals surface area contributed by atoms with Crippen LogP contribution in [0, 0.1) is 5.92 Å². The molecule has 0 unspecified atom stereocenters. The molecule has 136 valence electrons. The first-order valence-corrected chi connectivity index (χ1v) is 8.42. The Morgan fingerprint density at radius 3 is 2.50 bits per heavy atom. The summed E-state index contributed by atoms with van der Waals surface area (Å²) in [4.78, 5) is 4.20. The zero-order valence-electron chi connectivity index (χ0n) is 14.1. The Labute approximate surface area is 153 Å². The van der Waals surface area contributed by atoms with Gasteiger partial charge in [-0.3, -0.25) is 0 Å². The normalized spacial score (nSPS) is 12.0. The van der Waals surface area contributed by atoms with Gasteiger partial charge in [-0.25, -0.2) is 0 Å². The molecule has 3 rings (SSSR count). The molecule has 0 saturated heterocycles. The van der Waals surface area contributed by atoms with Gasteiger partial charge < -0.3 is 4.52 Å². The molecular formula is C19H16ClF3N2O. The van der Waals surface area contributed by atoms with Crippen LogP contribution in [0.15, 0.2) is 47.0 Å². The molecule has 0 fully saturated rings. The monoisotopic (exact) mass is 380 g/mol. The second kappa shape index (κ2) is 7.11. The predicted octanol–water partition coefficient (Wildman–Crippen LogP) is 6.27. The Bertz CT molecular complexity index is 919. The molecular weight excluding hydrogens is 365 g/mol. The second-order valence-corrected chi connectivity index (χ2v) is 6.81. The zero-order valence-corrected chi connectivity index (χ0v) is 14.9. The Balaban J connectivity index is 1.90. The Kier molecular flexibility index (Phi) is 5.05. The van der Waals surface area contributed by atoms with Crippen molar-refractivity contribution in [2.75, 3.05) is 0 Å². The minimum Gasteiger partial charge on any atom is -0.334 e. The topological polar surface area (TPSA) is 38.9 Å². The van der Waals surface area contributed by atoms with E-state index in [1.54, 1.807) is 6.07 Å². The van der Waals surface area contributed by atoms with E-state index in [1.165, 1.54) is 12.1 Å². The number of alkyl halides is 3. The van der Waals surface area contributed by atoms with Crippen molar-refractivity contribution < 1.29 is 17.7 Å². The van der Waals surface area contributed by atoms with Gasteiger partial charge in [-0.2, -0.15) is 18.2 Å². The van der Waals surface area contributed by atoms with Crippen molar-refractivity contribution >= 4 is 11.6 Å². The van der Waals surface area contributed by atoms with Crippen molar-refractivity contribution in [2.45, 2.75) is 26.4 Å². The number of nitrogens with zero attached hydrogens (tertiary/aromatic N) is 2. The van der Waals surface area contributed by atoms with Crippen LogP contribution in [0.3, 0.4) is 0 Å². The molecule has 3 aromatic rings. The third kappa shape index (κ3) is 4.07. The van der Waals surface area contributed by atoms with Crippen LogP contribution < -0.4 is 0 Å². The number of halogens is 4. The number of benzene rings is 2. The molecule has 3 nitrogen and oxygen atoms in total. The molecule has 0 aliphatic rings. The molecule has 1 heterocycles. The second-order valence-electron chi connectivity index (χ2n) is 6.41. The van der Waals surface area contributed by atoms with Crippen LogP contribution in [0.25, 0.3) is 22.8 Å². The van der Waals surface area contributed by atoms with E-state index >= 15 is 0 Å². The molecule has 0 bridgehead atoms. The summed E-state index contributed by atoms with van der Waals surface area (Å²) in [6.07, 6.45) is -3.58. The lowest BCUT2D eigenvalue weighted by atomic mass is 10.0. The van der Waals surface area contributed by atoms with Gasteiger partial charge >= 0.3 is 6.18 Å². The first kappa shape index (κ1) is 18.5. The molecule has 0 spiro atoms. The van der Waals surface area contributed by atoms with E-state index in [1.807, 2.05) is 12.1 Å². The van der Waals surface area contributed by atoms with E-state index in [-0.39, 0.29) is 17.3 Å². The largest absolute Gasteiger partial charge is 0.416 e. The van der Waals surface area contributed by atoms with E-state index in [0.29, 0.717) is 16.5 Å². The maximum absolute atomic E-state index is 12.8. The van der Waals surface area contributed by atoms with Crippen LogP contribution >= 0.6 is 11.6 Å². The van der Waals surface area contributed by atoms with Gasteiger partial charge in [0, 0.05) is 16.1 Å². The van der Waals surface area contributed by atoms with Gasteiger partial charge in [0.15, 0.2) is 0 Å². The number of rotatable bonds is 4. The Morgan fingerprint density at radius 1 is 1.08 bits per heavy atom. The highest BCUT2D eigenvalue weighted by Crippen LogP contribution is 2.32. The number of aromatic nitrogens is 2. The lowest BCUT2D eigenvalue weighted by molar-refractivity contribution is -0.137. The van der Waals surface area contributed by atoms with E-state index in [9.17, 15) is 13.2 Å². The molecule has 26 heavy (non-hydrogen) atoms. The smallest absolute Gasteiger partial charge is 0.334 e. The number of hydrogen-bond acceptors (Lipinski definition) is 3. The summed E-state index contributed by atoms with van der Waals surface area (Å²) >= 11 is 6.31. The standard InChI is InChI=1S/C19H16ClF3N2O/c1-11(2)8-12-6-7-13(10-16(12)20)17-24-18(26-25-17)14-4-3-5-15(9-14)19(21,22)23/h3-7,9-11H,8H2,1-2H3. The summed E-state index contributed by atoms with van der Waals surface area (Å²) in [6.45, 7) is 4.20. The van der Waals surface area contributed by atoms with Gasteiger partial charge in [0.2, 0.25) is 5.82 Å². The molecule has 0 N–H and O–H groups in total. The molecule has 2 aromatic carbocycles.